The molecule has 3 aliphatic rings. The first-order valence-electron chi connectivity index (χ1n) is 19.6. The zero-order valence-electron chi connectivity index (χ0n) is 30.5. The van der Waals surface area contributed by atoms with E-state index >= 15 is 0 Å². The van der Waals surface area contributed by atoms with Crippen LogP contribution in [0.1, 0.15) is 72.4 Å². The lowest BCUT2D eigenvalue weighted by Crippen LogP contribution is -2.27. The molecule has 260 valence electrons. The maximum Gasteiger partial charge on any atom is 0.160 e. The van der Waals surface area contributed by atoms with Crippen LogP contribution in [-0.2, 0) is 5.41 Å². The molecule has 3 aliphatic carbocycles. The Hall–Kier alpha value is -6.12. The number of benzene rings is 6. The second-order valence-electron chi connectivity index (χ2n) is 15.2. The molecule has 10 rings (SSSR count). The van der Waals surface area contributed by atoms with Crippen LogP contribution in [0.2, 0.25) is 0 Å². The molecule has 1 fully saturated rings. The second-order valence-corrected chi connectivity index (χ2v) is 15.2. The SMILES string of the molecule is C1=C(c2ccccc2)C(c2ccc(-c3ccc4c(c3)-c3ccccc3C43CCCCC3)cc2)=CC(c2cc(-c3ccccc3)nc(-c3ccccc3)n2)C1. The number of nitrogens with zero attached hydrogens (tertiary/aromatic N) is 2. The summed E-state index contributed by atoms with van der Waals surface area (Å²) in [5.74, 6) is 0.861. The smallest absolute Gasteiger partial charge is 0.160 e. The van der Waals surface area contributed by atoms with E-state index in [-0.39, 0.29) is 11.3 Å². The predicted octanol–water partition coefficient (Wildman–Crippen LogP) is 13.4. The molecule has 0 radical (unpaired) electrons. The maximum atomic E-state index is 5.22. The normalized spacial score (nSPS) is 17.0. The van der Waals surface area contributed by atoms with Crippen LogP contribution in [0.4, 0.5) is 0 Å². The topological polar surface area (TPSA) is 25.8 Å². The molecule has 1 aromatic heterocycles. The molecule has 2 heteroatoms. The number of aromatic nitrogens is 2. The van der Waals surface area contributed by atoms with Gasteiger partial charge in [-0.1, -0.05) is 183 Å². The Bertz CT molecular complexity index is 2470. The largest absolute Gasteiger partial charge is 0.232 e. The van der Waals surface area contributed by atoms with Crippen LogP contribution in [0.5, 0.6) is 0 Å². The van der Waals surface area contributed by atoms with Gasteiger partial charge in [0.1, 0.15) is 0 Å². The van der Waals surface area contributed by atoms with Crippen molar-refractivity contribution in [3.8, 4) is 44.9 Å². The summed E-state index contributed by atoms with van der Waals surface area (Å²) >= 11 is 0. The molecule has 0 amide bonds. The standard InChI is InChI=1S/C52H42N2/c1-5-15-37(16-6-1)43-29-27-42(50-35-49(39-17-7-2-8-18-39)53-51(54-50)40-19-9-3-10-20-40)34-45(43)38-25-23-36(24-26-38)41-28-30-48-46(33-41)44-21-11-12-22-47(44)52(48)31-13-4-14-32-52/h1-3,5-12,15-26,28-30,33-35,42H,4,13-14,27,31-32H2. The van der Waals surface area contributed by atoms with Crippen LogP contribution in [-0.4, -0.2) is 9.97 Å². The van der Waals surface area contributed by atoms with Gasteiger partial charge in [0.25, 0.3) is 0 Å². The molecule has 0 N–H and O–H groups in total. The highest BCUT2D eigenvalue weighted by molar-refractivity contribution is 6.06. The van der Waals surface area contributed by atoms with E-state index in [0.717, 1.165) is 34.8 Å². The van der Waals surface area contributed by atoms with Gasteiger partial charge in [-0.3, -0.25) is 0 Å². The quantitative estimate of drug-likeness (QED) is 0.173. The Morgan fingerprint density at radius 3 is 1.78 bits per heavy atom. The summed E-state index contributed by atoms with van der Waals surface area (Å²) < 4.78 is 0. The Labute approximate surface area is 318 Å². The van der Waals surface area contributed by atoms with Gasteiger partial charge in [0, 0.05) is 22.5 Å². The average molecular weight is 695 g/mol. The lowest BCUT2D eigenvalue weighted by Gasteiger charge is -2.36. The van der Waals surface area contributed by atoms with E-state index in [0.29, 0.717) is 0 Å². The second kappa shape index (κ2) is 13.7. The minimum Gasteiger partial charge on any atom is -0.232 e. The minimum absolute atomic E-state index is 0.101. The number of rotatable bonds is 6. The monoisotopic (exact) mass is 694 g/mol. The van der Waals surface area contributed by atoms with Crippen LogP contribution in [0.3, 0.4) is 0 Å². The molecule has 1 spiro atoms. The van der Waals surface area contributed by atoms with E-state index in [1.807, 2.05) is 6.07 Å². The molecule has 1 heterocycles. The van der Waals surface area contributed by atoms with Gasteiger partial charge in [-0.25, -0.2) is 9.97 Å². The molecular weight excluding hydrogens is 653 g/mol. The third-order valence-corrected chi connectivity index (χ3v) is 12.1. The van der Waals surface area contributed by atoms with Crippen molar-refractivity contribution in [3.63, 3.8) is 0 Å². The summed E-state index contributed by atoms with van der Waals surface area (Å²) in [5.41, 5.74) is 17.7. The summed E-state index contributed by atoms with van der Waals surface area (Å²) in [6.07, 6.45) is 12.2. The molecule has 0 saturated heterocycles. The Kier molecular flexibility index (Phi) is 8.25. The summed E-state index contributed by atoms with van der Waals surface area (Å²) in [7, 11) is 0. The third kappa shape index (κ3) is 5.74. The number of hydrogen-bond acceptors (Lipinski definition) is 2. The van der Waals surface area contributed by atoms with Crippen molar-refractivity contribution in [2.75, 3.05) is 0 Å². The average Bonchev–Trinajstić information content (AvgIpc) is 3.52. The van der Waals surface area contributed by atoms with Crippen molar-refractivity contribution in [3.05, 3.63) is 204 Å². The van der Waals surface area contributed by atoms with E-state index in [2.05, 4.69) is 170 Å². The first kappa shape index (κ1) is 32.5. The fraction of sp³-hybridized carbons (Fsp3) is 0.154. The molecule has 7 aromatic rings. The minimum atomic E-state index is 0.101. The van der Waals surface area contributed by atoms with Crippen molar-refractivity contribution in [2.24, 2.45) is 0 Å². The van der Waals surface area contributed by atoms with Crippen LogP contribution in [0.15, 0.2) is 176 Å². The predicted molar refractivity (Wildman–Crippen MR) is 224 cm³/mol. The van der Waals surface area contributed by atoms with Gasteiger partial charge in [0.15, 0.2) is 5.82 Å². The molecule has 1 unspecified atom stereocenters. The summed E-state index contributed by atoms with van der Waals surface area (Å²) in [5, 5.41) is 0. The van der Waals surface area contributed by atoms with Crippen molar-refractivity contribution in [1.29, 1.82) is 0 Å². The highest BCUT2D eigenvalue weighted by Gasteiger charge is 2.43. The van der Waals surface area contributed by atoms with Gasteiger partial charge in [-0.15, -0.1) is 0 Å². The molecule has 2 nitrogen and oxygen atoms in total. The molecule has 0 aliphatic heterocycles. The van der Waals surface area contributed by atoms with Crippen LogP contribution in [0, 0.1) is 0 Å². The lowest BCUT2D eigenvalue weighted by molar-refractivity contribution is 0.353. The van der Waals surface area contributed by atoms with Gasteiger partial charge < -0.3 is 0 Å². The van der Waals surface area contributed by atoms with E-state index in [1.165, 1.54) is 82.2 Å². The van der Waals surface area contributed by atoms with E-state index < -0.39 is 0 Å². The molecule has 1 atom stereocenters. The molecular formula is C52H42N2. The third-order valence-electron chi connectivity index (χ3n) is 12.1. The van der Waals surface area contributed by atoms with Crippen LogP contribution >= 0.6 is 0 Å². The fourth-order valence-electron chi connectivity index (χ4n) is 9.37. The number of allylic oxidation sites excluding steroid dienone is 4. The Morgan fingerprint density at radius 1 is 0.444 bits per heavy atom. The molecule has 6 aromatic carbocycles. The number of fused-ring (bicyclic) bond motifs is 5. The first-order chi connectivity index (χ1) is 26.7. The van der Waals surface area contributed by atoms with Crippen LogP contribution < -0.4 is 0 Å². The first-order valence-corrected chi connectivity index (χ1v) is 19.6. The highest BCUT2D eigenvalue weighted by Crippen LogP contribution is 2.56. The van der Waals surface area contributed by atoms with Gasteiger partial charge in [0.2, 0.25) is 0 Å². The molecule has 54 heavy (non-hydrogen) atoms. The van der Waals surface area contributed by atoms with Crippen molar-refractivity contribution >= 4 is 11.1 Å². The van der Waals surface area contributed by atoms with E-state index in [1.54, 1.807) is 5.56 Å². The maximum absolute atomic E-state index is 5.22. The lowest BCUT2D eigenvalue weighted by atomic mass is 9.68. The summed E-state index contributed by atoms with van der Waals surface area (Å²) in [4.78, 5) is 10.3. The Balaban J connectivity index is 1.04. The fourth-order valence-corrected chi connectivity index (χ4v) is 9.37. The van der Waals surface area contributed by atoms with Gasteiger partial charge in [0.05, 0.1) is 11.4 Å². The number of hydrogen-bond donors (Lipinski definition) is 0. The summed E-state index contributed by atoms with van der Waals surface area (Å²) in [6.45, 7) is 0. The molecule has 1 saturated carbocycles. The summed E-state index contributed by atoms with van der Waals surface area (Å²) in [6, 6.07) is 59.5. The van der Waals surface area contributed by atoms with Gasteiger partial charge >= 0.3 is 0 Å². The van der Waals surface area contributed by atoms with E-state index in [4.69, 9.17) is 9.97 Å². The zero-order chi connectivity index (χ0) is 35.9. The zero-order valence-corrected chi connectivity index (χ0v) is 30.5. The van der Waals surface area contributed by atoms with Crippen molar-refractivity contribution in [1.82, 2.24) is 9.97 Å². The molecule has 0 bridgehead atoms. The Morgan fingerprint density at radius 2 is 1.04 bits per heavy atom. The van der Waals surface area contributed by atoms with Gasteiger partial charge in [-0.05, 0) is 87.0 Å². The van der Waals surface area contributed by atoms with Crippen molar-refractivity contribution < 1.29 is 0 Å². The van der Waals surface area contributed by atoms with Gasteiger partial charge in [-0.2, -0.15) is 0 Å². The van der Waals surface area contributed by atoms with Crippen molar-refractivity contribution in [2.45, 2.75) is 49.9 Å². The van der Waals surface area contributed by atoms with Crippen LogP contribution in [0.25, 0.3) is 56.0 Å². The van der Waals surface area contributed by atoms with E-state index in [9.17, 15) is 0 Å². The highest BCUT2D eigenvalue weighted by atomic mass is 14.9.